The van der Waals surface area contributed by atoms with Gasteiger partial charge in [0.05, 0.1) is 29.8 Å². The lowest BCUT2D eigenvalue weighted by molar-refractivity contribution is -0.134. The number of hydrogen-bond donors (Lipinski definition) is 2. The highest BCUT2D eigenvalue weighted by molar-refractivity contribution is 5.85. The lowest BCUT2D eigenvalue weighted by Gasteiger charge is -2.21. The second-order valence-electron chi connectivity index (χ2n) is 6.08. The first kappa shape index (κ1) is 17.6. The lowest BCUT2D eigenvalue weighted by atomic mass is 9.88. The molecule has 0 saturated heterocycles. The summed E-state index contributed by atoms with van der Waals surface area (Å²) in [5.74, 6) is 1.00. The molecular formula is C18H18N4O4. The van der Waals surface area contributed by atoms with E-state index < -0.39 is 11.3 Å². The number of ether oxygens (including phenoxy) is 2. The van der Waals surface area contributed by atoms with E-state index in [0.717, 1.165) is 5.39 Å². The minimum absolute atomic E-state index is 0.470. The van der Waals surface area contributed by atoms with E-state index in [1.54, 1.807) is 56.9 Å². The van der Waals surface area contributed by atoms with Gasteiger partial charge < -0.3 is 9.47 Å². The number of pyridine rings is 3. The molecule has 0 aromatic carbocycles. The summed E-state index contributed by atoms with van der Waals surface area (Å²) in [5.41, 5.74) is 1.69. The van der Waals surface area contributed by atoms with Crippen molar-refractivity contribution in [3.05, 3.63) is 48.4 Å². The van der Waals surface area contributed by atoms with Crippen molar-refractivity contribution in [2.75, 3.05) is 7.11 Å². The summed E-state index contributed by atoms with van der Waals surface area (Å²) in [6.45, 7) is 3.33. The number of nitrogens with zero attached hydrogens (tertiary/aromatic N) is 3. The van der Waals surface area contributed by atoms with Gasteiger partial charge in [0, 0.05) is 12.3 Å². The van der Waals surface area contributed by atoms with Gasteiger partial charge in [-0.05, 0) is 38.1 Å². The average molecular weight is 354 g/mol. The third kappa shape index (κ3) is 3.27. The predicted octanol–water partition coefficient (Wildman–Crippen LogP) is 2.61. The van der Waals surface area contributed by atoms with Crippen molar-refractivity contribution in [3.63, 3.8) is 0 Å². The van der Waals surface area contributed by atoms with Gasteiger partial charge in [-0.2, -0.15) is 4.98 Å². The van der Waals surface area contributed by atoms with Gasteiger partial charge in [-0.1, -0.05) is 0 Å². The van der Waals surface area contributed by atoms with Gasteiger partial charge in [0.25, 0.3) is 5.91 Å². The molecule has 0 unspecified atom stereocenters. The quantitative estimate of drug-likeness (QED) is 0.536. The molecule has 0 fully saturated rings. The van der Waals surface area contributed by atoms with E-state index in [4.69, 9.17) is 14.7 Å². The van der Waals surface area contributed by atoms with Crippen molar-refractivity contribution in [2.45, 2.75) is 19.3 Å². The van der Waals surface area contributed by atoms with Gasteiger partial charge in [-0.25, -0.2) is 10.5 Å². The molecule has 0 atom stereocenters. The van der Waals surface area contributed by atoms with E-state index in [2.05, 4.69) is 15.0 Å². The maximum absolute atomic E-state index is 11.8. The van der Waals surface area contributed by atoms with Crippen molar-refractivity contribution >= 4 is 16.9 Å². The van der Waals surface area contributed by atoms with Crippen molar-refractivity contribution in [1.82, 2.24) is 20.4 Å². The Morgan fingerprint density at radius 3 is 2.62 bits per heavy atom. The van der Waals surface area contributed by atoms with Crippen LogP contribution in [-0.4, -0.2) is 33.2 Å². The molecule has 0 aliphatic rings. The molecule has 3 heterocycles. The van der Waals surface area contributed by atoms with E-state index in [0.29, 0.717) is 28.7 Å². The molecule has 0 spiro atoms. The van der Waals surface area contributed by atoms with Gasteiger partial charge >= 0.3 is 0 Å². The first-order valence-corrected chi connectivity index (χ1v) is 7.84. The van der Waals surface area contributed by atoms with Gasteiger partial charge in [0.2, 0.25) is 5.88 Å². The number of methoxy groups -OCH3 is 1. The fraction of sp³-hybridized carbons (Fsp3) is 0.222. The zero-order chi connectivity index (χ0) is 18.7. The molecule has 8 heteroatoms. The lowest BCUT2D eigenvalue weighted by Crippen LogP contribution is -2.38. The molecule has 0 bridgehead atoms. The van der Waals surface area contributed by atoms with Crippen LogP contribution in [0.1, 0.15) is 19.5 Å². The maximum atomic E-state index is 11.8. The van der Waals surface area contributed by atoms with Crippen molar-refractivity contribution in [3.8, 4) is 17.4 Å². The third-order valence-corrected chi connectivity index (χ3v) is 4.02. The van der Waals surface area contributed by atoms with Crippen LogP contribution in [0.3, 0.4) is 0 Å². The van der Waals surface area contributed by atoms with Crippen LogP contribution in [0.25, 0.3) is 11.0 Å². The van der Waals surface area contributed by atoms with Crippen LogP contribution in [0.15, 0.2) is 42.7 Å². The predicted molar refractivity (Wildman–Crippen MR) is 93.4 cm³/mol. The number of nitrogens with one attached hydrogen (secondary N) is 1. The Morgan fingerprint density at radius 1 is 1.15 bits per heavy atom. The van der Waals surface area contributed by atoms with Crippen LogP contribution in [0.2, 0.25) is 0 Å². The Morgan fingerprint density at radius 2 is 1.96 bits per heavy atom. The molecular weight excluding hydrogens is 336 g/mol. The molecule has 3 aromatic rings. The van der Waals surface area contributed by atoms with Crippen molar-refractivity contribution < 1.29 is 19.5 Å². The Hall–Kier alpha value is -3.26. The number of amides is 1. The number of rotatable bonds is 5. The molecule has 3 rings (SSSR count). The molecule has 0 aliphatic carbocycles. The first-order valence-electron chi connectivity index (χ1n) is 7.84. The number of hydroxylamine groups is 1. The van der Waals surface area contributed by atoms with Crippen LogP contribution in [0.4, 0.5) is 0 Å². The Kier molecular flexibility index (Phi) is 4.68. The Labute approximate surface area is 149 Å². The summed E-state index contributed by atoms with van der Waals surface area (Å²) in [6, 6.07) is 8.66. The molecule has 26 heavy (non-hydrogen) atoms. The number of carbonyl (C=O) groups excluding carboxylic acids is 1. The van der Waals surface area contributed by atoms with Crippen LogP contribution < -0.4 is 15.0 Å². The fourth-order valence-corrected chi connectivity index (χ4v) is 2.38. The summed E-state index contributed by atoms with van der Waals surface area (Å²) in [6.07, 6.45) is 3.12. The molecule has 3 aromatic heterocycles. The maximum Gasteiger partial charge on any atom is 0.255 e. The smallest absolute Gasteiger partial charge is 0.255 e. The molecule has 2 N–H and O–H groups in total. The summed E-state index contributed by atoms with van der Waals surface area (Å²) in [5, 5.41) is 9.58. The summed E-state index contributed by atoms with van der Waals surface area (Å²) in [7, 11) is 1.54. The minimum atomic E-state index is -0.975. The van der Waals surface area contributed by atoms with Gasteiger partial charge in [0.1, 0.15) is 11.5 Å². The molecule has 1 amide bonds. The van der Waals surface area contributed by atoms with Crippen LogP contribution in [0, 0.1) is 0 Å². The highest BCUT2D eigenvalue weighted by atomic mass is 16.5. The molecule has 0 aliphatic heterocycles. The SMILES string of the molecule is COc1ccc2c(Oc3ccc(C(C)(C)C(=O)NO)nc3)ccnc2n1. The summed E-state index contributed by atoms with van der Waals surface area (Å²) >= 11 is 0. The van der Waals surface area contributed by atoms with E-state index in [-0.39, 0.29) is 0 Å². The van der Waals surface area contributed by atoms with Crippen LogP contribution in [-0.2, 0) is 10.2 Å². The van der Waals surface area contributed by atoms with Crippen LogP contribution >= 0.6 is 0 Å². The van der Waals surface area contributed by atoms with Gasteiger partial charge in [-0.3, -0.25) is 15.0 Å². The minimum Gasteiger partial charge on any atom is -0.481 e. The van der Waals surface area contributed by atoms with Crippen molar-refractivity contribution in [2.24, 2.45) is 0 Å². The third-order valence-electron chi connectivity index (χ3n) is 4.02. The highest BCUT2D eigenvalue weighted by Gasteiger charge is 2.31. The molecule has 134 valence electrons. The topological polar surface area (TPSA) is 106 Å². The zero-order valence-corrected chi connectivity index (χ0v) is 14.6. The van der Waals surface area contributed by atoms with E-state index in [9.17, 15) is 4.79 Å². The highest BCUT2D eigenvalue weighted by Crippen LogP contribution is 2.30. The fourth-order valence-electron chi connectivity index (χ4n) is 2.38. The number of fused-ring (bicyclic) bond motifs is 1. The van der Waals surface area contributed by atoms with Crippen LogP contribution in [0.5, 0.6) is 17.4 Å². The van der Waals surface area contributed by atoms with Crippen molar-refractivity contribution in [1.29, 1.82) is 0 Å². The first-order chi connectivity index (χ1) is 12.5. The molecule has 0 saturated carbocycles. The molecule has 0 radical (unpaired) electrons. The van der Waals surface area contributed by atoms with E-state index in [1.165, 1.54) is 6.20 Å². The normalized spacial score (nSPS) is 11.2. The number of aromatic nitrogens is 3. The van der Waals surface area contributed by atoms with E-state index in [1.807, 2.05) is 6.07 Å². The van der Waals surface area contributed by atoms with Gasteiger partial charge in [-0.15, -0.1) is 0 Å². The molecule has 8 nitrogen and oxygen atoms in total. The summed E-state index contributed by atoms with van der Waals surface area (Å²) in [4.78, 5) is 24.5. The number of carbonyl (C=O) groups is 1. The zero-order valence-electron chi connectivity index (χ0n) is 14.6. The Bertz CT molecular complexity index is 942. The average Bonchev–Trinajstić information content (AvgIpc) is 2.67. The standard InChI is InChI=1S/C18H18N4O4/c1-18(2,17(23)22-24)14-6-4-11(10-20-14)26-13-8-9-19-16-12(13)5-7-15(21-16)25-3/h4-10,24H,1-3H3,(H,22,23). The monoisotopic (exact) mass is 354 g/mol. The van der Waals surface area contributed by atoms with E-state index >= 15 is 0 Å². The Balaban J connectivity index is 1.88. The summed E-state index contributed by atoms with van der Waals surface area (Å²) < 4.78 is 11.0. The second kappa shape index (κ2) is 6.93. The largest absolute Gasteiger partial charge is 0.481 e. The second-order valence-corrected chi connectivity index (χ2v) is 6.08. The van der Waals surface area contributed by atoms with Gasteiger partial charge in [0.15, 0.2) is 5.65 Å². The number of hydrogen-bond acceptors (Lipinski definition) is 7.